The summed E-state index contributed by atoms with van der Waals surface area (Å²) in [5, 5.41) is 5.11. The van der Waals surface area contributed by atoms with Gasteiger partial charge in [-0.1, -0.05) is 12.1 Å². The summed E-state index contributed by atoms with van der Waals surface area (Å²) in [6.07, 6.45) is 0.590. The zero-order chi connectivity index (χ0) is 23.4. The van der Waals surface area contributed by atoms with Gasteiger partial charge in [-0.3, -0.25) is 4.79 Å². The highest BCUT2D eigenvalue weighted by Gasteiger charge is 2.27. The Morgan fingerprint density at radius 3 is 2.26 bits per heavy atom. The third-order valence-corrected chi connectivity index (χ3v) is 8.00. The largest absolute Gasteiger partial charge is 0.492 e. The Labute approximate surface area is 190 Å². The van der Waals surface area contributed by atoms with Crippen molar-refractivity contribution in [1.29, 1.82) is 0 Å². The van der Waals surface area contributed by atoms with Gasteiger partial charge in [-0.15, -0.1) is 0 Å². The average Bonchev–Trinajstić information content (AvgIpc) is 2.68. The fourth-order valence-electron chi connectivity index (χ4n) is 2.57. The number of sulfone groups is 1. The van der Waals surface area contributed by atoms with E-state index in [1.54, 1.807) is 13.2 Å². The Morgan fingerprint density at radius 2 is 1.68 bits per heavy atom. The number of hydrogen-bond acceptors (Lipinski definition) is 7. The van der Waals surface area contributed by atoms with E-state index in [-0.39, 0.29) is 11.2 Å². The third-order valence-electron chi connectivity index (χ3n) is 4.58. The van der Waals surface area contributed by atoms with Crippen molar-refractivity contribution in [2.45, 2.75) is 35.7 Å². The van der Waals surface area contributed by atoms with Gasteiger partial charge in [0.1, 0.15) is 16.4 Å². The lowest BCUT2D eigenvalue weighted by Gasteiger charge is -2.22. The van der Waals surface area contributed by atoms with Crippen LogP contribution in [0.25, 0.3) is 0 Å². The van der Waals surface area contributed by atoms with E-state index in [0.29, 0.717) is 23.2 Å². The van der Waals surface area contributed by atoms with Crippen molar-refractivity contribution < 1.29 is 31.1 Å². The second kappa shape index (κ2) is 9.78. The molecule has 0 fully saturated rings. The van der Waals surface area contributed by atoms with Crippen molar-refractivity contribution >= 4 is 41.6 Å². The zero-order valence-electron chi connectivity index (χ0n) is 17.3. The SMILES string of the molecule is COC(C)(C)CCOc1cc(C(=O)CS(=O)(=O)c2ccccc2S(N)(=O)=O)ccc1Br. The molecule has 0 unspecified atom stereocenters. The van der Waals surface area contributed by atoms with Gasteiger partial charge in [0.15, 0.2) is 15.6 Å². The first-order valence-corrected chi connectivity index (χ1v) is 13.1. The molecule has 2 aromatic carbocycles. The molecule has 2 rings (SSSR count). The first-order valence-electron chi connectivity index (χ1n) is 9.12. The van der Waals surface area contributed by atoms with Crippen LogP contribution in [-0.2, 0) is 24.6 Å². The standard InChI is InChI=1S/C20H24BrNO7S2/c1-20(2,28-3)10-11-29-17-12-14(8-9-15(17)21)16(23)13-30(24,25)18-6-4-5-7-19(18)31(22,26)27/h4-9,12H,10-11,13H2,1-3H3,(H2,22,26,27). The number of ether oxygens (including phenoxy) is 2. The second-order valence-electron chi connectivity index (χ2n) is 7.38. The van der Waals surface area contributed by atoms with Gasteiger partial charge >= 0.3 is 0 Å². The van der Waals surface area contributed by atoms with Gasteiger partial charge in [-0.05, 0) is 60.1 Å². The van der Waals surface area contributed by atoms with Gasteiger partial charge in [-0.25, -0.2) is 22.0 Å². The van der Waals surface area contributed by atoms with E-state index < -0.39 is 41.2 Å². The predicted molar refractivity (Wildman–Crippen MR) is 120 cm³/mol. The highest BCUT2D eigenvalue weighted by Crippen LogP contribution is 2.28. The Kier molecular flexibility index (Phi) is 8.04. The summed E-state index contributed by atoms with van der Waals surface area (Å²) in [4.78, 5) is 11.6. The van der Waals surface area contributed by atoms with Crippen molar-refractivity contribution in [2.24, 2.45) is 5.14 Å². The molecule has 0 heterocycles. The smallest absolute Gasteiger partial charge is 0.239 e. The Bertz CT molecular complexity index is 1180. The number of ketones is 1. The van der Waals surface area contributed by atoms with Crippen LogP contribution in [0, 0.1) is 0 Å². The molecule has 2 aromatic rings. The van der Waals surface area contributed by atoms with Crippen molar-refractivity contribution in [3.63, 3.8) is 0 Å². The monoisotopic (exact) mass is 533 g/mol. The summed E-state index contributed by atoms with van der Waals surface area (Å²) in [6.45, 7) is 4.14. The number of halogens is 1. The molecule has 31 heavy (non-hydrogen) atoms. The molecule has 0 aromatic heterocycles. The van der Waals surface area contributed by atoms with Gasteiger partial charge in [0.2, 0.25) is 10.0 Å². The third kappa shape index (κ3) is 6.84. The summed E-state index contributed by atoms with van der Waals surface area (Å²) in [5.74, 6) is -1.25. The van der Waals surface area contributed by atoms with Crippen molar-refractivity contribution in [1.82, 2.24) is 0 Å². The maximum Gasteiger partial charge on any atom is 0.239 e. The van der Waals surface area contributed by atoms with Crippen LogP contribution in [0.4, 0.5) is 0 Å². The molecule has 0 aliphatic carbocycles. The van der Waals surface area contributed by atoms with Crippen LogP contribution < -0.4 is 9.88 Å². The minimum absolute atomic E-state index is 0.112. The fraction of sp³-hybridized carbons (Fsp3) is 0.350. The van der Waals surface area contributed by atoms with Crippen LogP contribution in [0.2, 0.25) is 0 Å². The van der Waals surface area contributed by atoms with Gasteiger partial charge in [-0.2, -0.15) is 0 Å². The van der Waals surface area contributed by atoms with E-state index in [2.05, 4.69) is 15.9 Å². The number of methoxy groups -OCH3 is 1. The first-order chi connectivity index (χ1) is 14.3. The van der Waals surface area contributed by atoms with E-state index in [0.717, 1.165) is 12.1 Å². The Balaban J connectivity index is 2.25. The van der Waals surface area contributed by atoms with E-state index in [9.17, 15) is 21.6 Å². The quantitative estimate of drug-likeness (QED) is 0.464. The molecule has 11 heteroatoms. The molecular weight excluding hydrogens is 510 g/mol. The van der Waals surface area contributed by atoms with Crippen LogP contribution in [0.5, 0.6) is 5.75 Å². The average molecular weight is 534 g/mol. The van der Waals surface area contributed by atoms with Gasteiger partial charge in [0, 0.05) is 19.1 Å². The number of carbonyl (C=O) groups excluding carboxylic acids is 1. The van der Waals surface area contributed by atoms with Gasteiger partial charge in [0.25, 0.3) is 0 Å². The van der Waals surface area contributed by atoms with Crippen molar-refractivity contribution in [3.8, 4) is 5.75 Å². The molecule has 0 aliphatic rings. The molecule has 0 saturated carbocycles. The molecule has 2 N–H and O–H groups in total. The van der Waals surface area contributed by atoms with Crippen LogP contribution in [0.3, 0.4) is 0 Å². The summed E-state index contributed by atoms with van der Waals surface area (Å²) >= 11 is 3.34. The molecule has 0 bridgehead atoms. The summed E-state index contributed by atoms with van der Waals surface area (Å²) < 4.78 is 60.6. The minimum atomic E-state index is -4.28. The lowest BCUT2D eigenvalue weighted by Crippen LogP contribution is -2.25. The van der Waals surface area contributed by atoms with E-state index >= 15 is 0 Å². The lowest BCUT2D eigenvalue weighted by atomic mass is 10.1. The van der Waals surface area contributed by atoms with Crippen molar-refractivity contribution in [2.75, 3.05) is 19.5 Å². The van der Waals surface area contributed by atoms with Gasteiger partial charge < -0.3 is 9.47 Å². The maximum absolute atomic E-state index is 12.8. The predicted octanol–water partition coefficient (Wildman–Crippen LogP) is 2.95. The maximum atomic E-state index is 12.8. The molecule has 0 atom stereocenters. The summed E-state index contributed by atoms with van der Waals surface area (Å²) in [6, 6.07) is 9.38. The molecule has 0 spiro atoms. The lowest BCUT2D eigenvalue weighted by molar-refractivity contribution is 0.00538. The normalized spacial score (nSPS) is 12.5. The summed E-state index contributed by atoms with van der Waals surface area (Å²) in [7, 11) is -6.94. The van der Waals surface area contributed by atoms with Crippen LogP contribution in [0.15, 0.2) is 56.7 Å². The number of sulfonamides is 1. The zero-order valence-corrected chi connectivity index (χ0v) is 20.5. The van der Waals surface area contributed by atoms with E-state index in [1.807, 2.05) is 13.8 Å². The Hall–Kier alpha value is -1.79. The number of Topliss-reactive ketones (excluding diaryl/α,β-unsaturated/α-hetero) is 1. The van der Waals surface area contributed by atoms with E-state index in [4.69, 9.17) is 14.6 Å². The van der Waals surface area contributed by atoms with Crippen molar-refractivity contribution in [3.05, 3.63) is 52.5 Å². The number of carbonyl (C=O) groups is 1. The molecule has 0 amide bonds. The Morgan fingerprint density at radius 1 is 1.06 bits per heavy atom. The molecule has 170 valence electrons. The summed E-state index contributed by atoms with van der Waals surface area (Å²) in [5.41, 5.74) is -0.272. The molecule has 0 aliphatic heterocycles. The van der Waals surface area contributed by atoms with Gasteiger partial charge in [0.05, 0.1) is 21.6 Å². The van der Waals surface area contributed by atoms with Crippen LogP contribution >= 0.6 is 15.9 Å². The van der Waals surface area contributed by atoms with E-state index in [1.165, 1.54) is 24.3 Å². The fourth-order valence-corrected chi connectivity index (χ4v) is 5.61. The molecular formula is C20H24BrNO7S2. The first kappa shape index (κ1) is 25.5. The van der Waals surface area contributed by atoms with Crippen LogP contribution in [-0.4, -0.2) is 47.7 Å². The number of nitrogens with two attached hydrogens (primary N) is 1. The number of rotatable bonds is 10. The number of benzene rings is 2. The topological polar surface area (TPSA) is 130 Å². The van der Waals surface area contributed by atoms with Crippen LogP contribution in [0.1, 0.15) is 30.6 Å². The second-order valence-corrected chi connectivity index (χ2v) is 11.7. The minimum Gasteiger partial charge on any atom is -0.492 e. The molecule has 0 saturated heterocycles. The molecule has 8 nitrogen and oxygen atoms in total. The molecule has 0 radical (unpaired) electrons. The number of primary sulfonamides is 1. The number of hydrogen-bond donors (Lipinski definition) is 1. The highest BCUT2D eigenvalue weighted by atomic mass is 79.9. The highest BCUT2D eigenvalue weighted by molar-refractivity contribution is 9.10.